The van der Waals surface area contributed by atoms with Gasteiger partial charge in [-0.25, -0.2) is 10.4 Å². The predicted octanol–water partition coefficient (Wildman–Crippen LogP) is 5.42. The van der Waals surface area contributed by atoms with Crippen LogP contribution in [0.15, 0.2) is 41.9 Å². The molecule has 4 aromatic rings. The Morgan fingerprint density at radius 2 is 1.91 bits per heavy atom. The maximum absolute atomic E-state index is 14.2. The Hall–Kier alpha value is -4.21. The van der Waals surface area contributed by atoms with Crippen molar-refractivity contribution in [2.45, 2.75) is 85.0 Å². The fraction of sp³-hybridized carbons (Fsp3) is 0.568. The average Bonchev–Trinajstić information content (AvgIpc) is 3.50. The molecule has 58 heavy (non-hydrogen) atoms. The molecule has 2 amide bonds. The monoisotopic (exact) mass is 811 g/mol. The van der Waals surface area contributed by atoms with E-state index in [1.165, 1.54) is 16.3 Å². The van der Waals surface area contributed by atoms with Crippen LogP contribution in [0.3, 0.4) is 0 Å². The molecule has 310 valence electrons. The van der Waals surface area contributed by atoms with Crippen molar-refractivity contribution >= 4 is 40.0 Å². The first-order valence-corrected chi connectivity index (χ1v) is 21.7. The lowest BCUT2D eigenvalue weighted by molar-refractivity contribution is -0.155. The summed E-state index contributed by atoms with van der Waals surface area (Å²) in [6.45, 7) is 15.9. The van der Waals surface area contributed by atoms with Crippen molar-refractivity contribution in [3.63, 3.8) is 0 Å². The van der Waals surface area contributed by atoms with E-state index in [0.29, 0.717) is 25.8 Å². The first-order valence-electron chi connectivity index (χ1n) is 20.8. The zero-order chi connectivity index (χ0) is 40.7. The number of cyclic esters (lactones) is 1. The lowest BCUT2D eigenvalue weighted by atomic mass is 9.84. The minimum atomic E-state index is -0.841. The van der Waals surface area contributed by atoms with Gasteiger partial charge in [-0.05, 0) is 67.9 Å². The molecule has 3 aromatic heterocycles. The van der Waals surface area contributed by atoms with Crippen LogP contribution in [0.5, 0.6) is 0 Å². The lowest BCUT2D eigenvalue weighted by Gasteiger charge is -2.35. The highest BCUT2D eigenvalue weighted by molar-refractivity contribution is 7.10. The van der Waals surface area contributed by atoms with E-state index in [0.717, 1.165) is 89.1 Å². The molecule has 1 aliphatic carbocycles. The van der Waals surface area contributed by atoms with Gasteiger partial charge in [0.25, 0.3) is 5.91 Å². The van der Waals surface area contributed by atoms with E-state index in [1.54, 1.807) is 7.11 Å². The Morgan fingerprint density at radius 1 is 1.12 bits per heavy atom. The maximum atomic E-state index is 14.2. The quantitative estimate of drug-likeness (QED) is 0.222. The van der Waals surface area contributed by atoms with E-state index < -0.39 is 23.5 Å². The van der Waals surface area contributed by atoms with Gasteiger partial charge in [-0.2, -0.15) is 0 Å². The minimum absolute atomic E-state index is 0.115. The Balaban J connectivity index is 1.25. The number of rotatable bonds is 8. The standard InChI is InChI=1S/C44H57N7O6S/c1-26-27(2)38(26)41(52)47-34-22-37-46-35(24-58-37)29-11-12-36-31(21-29)32(23-44(4,5)25-57-43(54)33-10-8-14-51(48-33)42(34)53)40(30-9-7-13-45-39(30)28(3)55-6)50(36)16-15-49-17-19-56-20-18-49/h7,9,11-13,21,24,26-28,33-34,38,48H,8,10,14-20,22-23,25H2,1-6H3,(H,47,52)/t26-,27+,28-,33-,34-,38+/m0/s1. The molecule has 1 saturated carbocycles. The third-order valence-corrected chi connectivity index (χ3v) is 13.6. The van der Waals surface area contributed by atoms with Crippen LogP contribution in [0.25, 0.3) is 33.4 Å². The van der Waals surface area contributed by atoms with Crippen molar-refractivity contribution in [1.82, 2.24) is 35.2 Å². The minimum Gasteiger partial charge on any atom is -0.464 e. The number of pyridine rings is 1. The van der Waals surface area contributed by atoms with E-state index >= 15 is 0 Å². The molecule has 13 nitrogen and oxygen atoms in total. The third kappa shape index (κ3) is 8.31. The van der Waals surface area contributed by atoms with Gasteiger partial charge in [0.1, 0.15) is 12.1 Å². The van der Waals surface area contributed by atoms with Crippen LogP contribution in [0.1, 0.15) is 69.8 Å². The maximum Gasteiger partial charge on any atom is 0.324 e. The number of nitrogens with zero attached hydrogens (tertiary/aromatic N) is 5. The normalized spacial score (nSPS) is 25.9. The molecule has 2 N–H and O–H groups in total. The zero-order valence-corrected chi connectivity index (χ0v) is 35.4. The van der Waals surface area contributed by atoms with Gasteiger partial charge in [-0.1, -0.05) is 33.8 Å². The number of morpholine rings is 1. The zero-order valence-electron chi connectivity index (χ0n) is 34.6. The van der Waals surface area contributed by atoms with Crippen LogP contribution in [0.2, 0.25) is 0 Å². The van der Waals surface area contributed by atoms with E-state index in [1.807, 2.05) is 24.6 Å². The summed E-state index contributed by atoms with van der Waals surface area (Å²) in [5.74, 6) is -0.382. The second-order valence-electron chi connectivity index (χ2n) is 17.4. The second kappa shape index (κ2) is 16.8. The van der Waals surface area contributed by atoms with E-state index in [4.69, 9.17) is 24.2 Å². The number of hydrazine groups is 1. The Bertz CT molecular complexity index is 2150. The summed E-state index contributed by atoms with van der Waals surface area (Å²) in [5.41, 5.74) is 9.68. The number of hydrogen-bond acceptors (Lipinski definition) is 11. The van der Waals surface area contributed by atoms with Crippen LogP contribution >= 0.6 is 11.3 Å². The number of aromatic nitrogens is 3. The number of carbonyl (C=O) groups excluding carboxylic acids is 3. The number of fused-ring (bicyclic) bond motifs is 6. The number of amides is 2. The molecule has 4 aliphatic rings. The summed E-state index contributed by atoms with van der Waals surface area (Å²) in [7, 11) is 1.71. The topological polar surface area (TPSA) is 140 Å². The van der Waals surface area contributed by atoms with Crippen LogP contribution in [-0.2, 0) is 48.0 Å². The molecule has 3 fully saturated rings. The van der Waals surface area contributed by atoms with E-state index in [9.17, 15) is 14.4 Å². The molecule has 6 atom stereocenters. The molecule has 6 heterocycles. The van der Waals surface area contributed by atoms with Gasteiger partial charge in [0.15, 0.2) is 0 Å². The van der Waals surface area contributed by atoms with Crippen LogP contribution < -0.4 is 10.7 Å². The summed E-state index contributed by atoms with van der Waals surface area (Å²) in [6.07, 6.45) is 3.59. The van der Waals surface area contributed by atoms with Gasteiger partial charge in [0.05, 0.1) is 48.0 Å². The largest absolute Gasteiger partial charge is 0.464 e. The highest BCUT2D eigenvalue weighted by Crippen LogP contribution is 2.46. The molecule has 3 aliphatic heterocycles. The van der Waals surface area contributed by atoms with Gasteiger partial charge in [0.2, 0.25) is 5.91 Å². The number of methoxy groups -OCH3 is 1. The summed E-state index contributed by atoms with van der Waals surface area (Å²) in [6, 6.07) is 9.16. The second-order valence-corrected chi connectivity index (χ2v) is 18.3. The van der Waals surface area contributed by atoms with Crippen molar-refractivity contribution in [3.05, 3.63) is 58.2 Å². The Morgan fingerprint density at radius 3 is 2.67 bits per heavy atom. The molecule has 0 spiro atoms. The van der Waals surface area contributed by atoms with Gasteiger partial charge in [0, 0.05) is 91.2 Å². The fourth-order valence-corrected chi connectivity index (χ4v) is 9.79. The molecule has 0 radical (unpaired) electrons. The molecule has 0 unspecified atom stereocenters. The number of benzene rings is 1. The van der Waals surface area contributed by atoms with Gasteiger partial charge in [-0.3, -0.25) is 29.3 Å². The van der Waals surface area contributed by atoms with Gasteiger partial charge in [-0.15, -0.1) is 11.3 Å². The summed E-state index contributed by atoms with van der Waals surface area (Å²) < 4.78 is 20.1. The SMILES string of the molecule is CO[C@@H](C)c1ncccc1-c1c2c3cc(ccc3n1CCN1CCOCC1)-c1csc(n1)C[C@H](NC(=O)[C@H]1[C@H](C)[C@@H]1C)C(=O)N1CCC[C@H](N1)C(=O)OCC(C)(C)C2. The number of ether oxygens (including phenoxy) is 3. The van der Waals surface area contributed by atoms with Crippen LogP contribution in [0, 0.1) is 23.2 Å². The van der Waals surface area contributed by atoms with Crippen LogP contribution in [0.4, 0.5) is 0 Å². The van der Waals surface area contributed by atoms with Crippen molar-refractivity contribution in [3.8, 4) is 22.5 Å². The number of hydrogen-bond donors (Lipinski definition) is 2. The van der Waals surface area contributed by atoms with Crippen molar-refractivity contribution in [2.24, 2.45) is 23.2 Å². The molecular weight excluding hydrogens is 755 g/mol. The molecule has 14 heteroatoms. The van der Waals surface area contributed by atoms with Crippen molar-refractivity contribution in [1.29, 1.82) is 0 Å². The number of thiazole rings is 1. The predicted molar refractivity (Wildman–Crippen MR) is 223 cm³/mol. The van der Waals surface area contributed by atoms with Crippen LogP contribution in [-0.4, -0.2) is 107 Å². The highest BCUT2D eigenvalue weighted by Gasteiger charge is 2.49. The van der Waals surface area contributed by atoms with Crippen molar-refractivity contribution < 1.29 is 28.6 Å². The lowest BCUT2D eigenvalue weighted by Crippen LogP contribution is -2.60. The van der Waals surface area contributed by atoms with E-state index in [-0.39, 0.29) is 48.7 Å². The average molecular weight is 812 g/mol. The molecular formula is C44H57N7O6S. The molecule has 2 saturated heterocycles. The number of nitrogens with one attached hydrogen (secondary N) is 2. The molecule has 1 aromatic carbocycles. The highest BCUT2D eigenvalue weighted by atomic mass is 32.1. The molecule has 8 rings (SSSR count). The number of carbonyl (C=O) groups is 3. The molecule has 6 bridgehead atoms. The number of esters is 1. The van der Waals surface area contributed by atoms with Gasteiger partial charge >= 0.3 is 5.97 Å². The summed E-state index contributed by atoms with van der Waals surface area (Å²) >= 11 is 1.49. The summed E-state index contributed by atoms with van der Waals surface area (Å²) in [4.78, 5) is 53.9. The smallest absolute Gasteiger partial charge is 0.324 e. The fourth-order valence-electron chi connectivity index (χ4n) is 8.94. The Kier molecular flexibility index (Phi) is 11.8. The van der Waals surface area contributed by atoms with E-state index in [2.05, 4.69) is 72.2 Å². The van der Waals surface area contributed by atoms with Gasteiger partial charge < -0.3 is 24.1 Å². The Labute approximate surface area is 344 Å². The first kappa shape index (κ1) is 40.6. The first-order chi connectivity index (χ1) is 27.9. The third-order valence-electron chi connectivity index (χ3n) is 12.7. The van der Waals surface area contributed by atoms with Crippen molar-refractivity contribution in [2.75, 3.05) is 53.1 Å². The summed E-state index contributed by atoms with van der Waals surface area (Å²) in [5, 5.41) is 8.48.